The second-order valence-electron chi connectivity index (χ2n) is 3.36. The Bertz CT molecular complexity index is 543. The molecule has 0 amide bonds. The van der Waals surface area contributed by atoms with Crippen LogP contribution in [0.5, 0.6) is 0 Å². The molecular formula is C12H9BrN2O2. The first-order valence-corrected chi connectivity index (χ1v) is 5.66. The number of carbonyl (C=O) groups is 1. The highest BCUT2D eigenvalue weighted by atomic mass is 79.9. The van der Waals surface area contributed by atoms with Gasteiger partial charge in [0.2, 0.25) is 0 Å². The van der Waals surface area contributed by atoms with Gasteiger partial charge in [-0.2, -0.15) is 0 Å². The fourth-order valence-electron chi connectivity index (χ4n) is 1.34. The predicted octanol–water partition coefficient (Wildman–Crippen LogP) is 3.29. The Kier molecular flexibility index (Phi) is 3.39. The predicted molar refractivity (Wildman–Crippen MR) is 68.6 cm³/mol. The van der Waals surface area contributed by atoms with E-state index in [1.165, 1.54) is 0 Å². The number of carboxylic acids is 1. The number of benzene rings is 1. The lowest BCUT2D eigenvalue weighted by atomic mass is 10.2. The van der Waals surface area contributed by atoms with Gasteiger partial charge in [-0.1, -0.05) is 0 Å². The van der Waals surface area contributed by atoms with Gasteiger partial charge in [-0.25, -0.2) is 4.79 Å². The molecular weight excluding hydrogens is 284 g/mol. The highest BCUT2D eigenvalue weighted by Crippen LogP contribution is 2.26. The van der Waals surface area contributed by atoms with E-state index in [-0.39, 0.29) is 5.56 Å². The molecule has 17 heavy (non-hydrogen) atoms. The summed E-state index contributed by atoms with van der Waals surface area (Å²) in [6, 6.07) is 8.49. The molecule has 4 nitrogen and oxygen atoms in total. The number of aromatic nitrogens is 1. The quantitative estimate of drug-likeness (QED) is 0.911. The fraction of sp³-hybridized carbons (Fsp3) is 0. The van der Waals surface area contributed by atoms with E-state index in [0.717, 1.165) is 11.4 Å². The first-order valence-electron chi connectivity index (χ1n) is 4.87. The summed E-state index contributed by atoms with van der Waals surface area (Å²) in [5.41, 5.74) is 1.95. The van der Waals surface area contributed by atoms with Crippen molar-refractivity contribution in [3.05, 3.63) is 52.8 Å². The van der Waals surface area contributed by atoms with E-state index in [9.17, 15) is 4.79 Å². The molecule has 0 aliphatic carbocycles. The summed E-state index contributed by atoms with van der Waals surface area (Å²) in [5.74, 6) is -0.943. The van der Waals surface area contributed by atoms with E-state index in [4.69, 9.17) is 5.11 Å². The van der Waals surface area contributed by atoms with Gasteiger partial charge in [-0.3, -0.25) is 4.98 Å². The molecule has 1 aromatic heterocycles. The van der Waals surface area contributed by atoms with Crippen LogP contribution in [-0.4, -0.2) is 16.1 Å². The van der Waals surface area contributed by atoms with Crippen LogP contribution in [0.25, 0.3) is 0 Å². The minimum absolute atomic E-state index is 0.247. The molecule has 0 saturated carbocycles. The summed E-state index contributed by atoms with van der Waals surface area (Å²) >= 11 is 3.33. The highest BCUT2D eigenvalue weighted by Gasteiger charge is 2.06. The van der Waals surface area contributed by atoms with Crippen molar-refractivity contribution in [2.75, 3.05) is 5.32 Å². The Hall–Kier alpha value is -1.88. The van der Waals surface area contributed by atoms with Crippen molar-refractivity contribution >= 4 is 33.3 Å². The molecule has 0 radical (unpaired) electrons. The number of pyridine rings is 1. The Balaban J connectivity index is 2.26. The smallest absolute Gasteiger partial charge is 0.335 e. The number of halogens is 1. The van der Waals surface area contributed by atoms with Crippen molar-refractivity contribution in [2.45, 2.75) is 0 Å². The minimum Gasteiger partial charge on any atom is -0.478 e. The fourth-order valence-corrected chi connectivity index (χ4v) is 1.82. The summed E-state index contributed by atoms with van der Waals surface area (Å²) in [6.07, 6.45) is 3.36. The second kappa shape index (κ2) is 4.97. The SMILES string of the molecule is O=C(O)c1ccc(Nc2ccncc2)c(Br)c1. The molecule has 1 heterocycles. The molecule has 2 aromatic rings. The lowest BCUT2D eigenvalue weighted by Gasteiger charge is -2.08. The Morgan fingerprint density at radius 1 is 1.24 bits per heavy atom. The van der Waals surface area contributed by atoms with Crippen molar-refractivity contribution in [1.82, 2.24) is 4.98 Å². The summed E-state index contributed by atoms with van der Waals surface area (Å²) in [5, 5.41) is 12.0. The highest BCUT2D eigenvalue weighted by molar-refractivity contribution is 9.10. The monoisotopic (exact) mass is 292 g/mol. The number of aromatic carboxylic acids is 1. The molecule has 0 aliphatic rings. The van der Waals surface area contributed by atoms with Gasteiger partial charge >= 0.3 is 5.97 Å². The lowest BCUT2D eigenvalue weighted by molar-refractivity contribution is 0.0697. The third-order valence-electron chi connectivity index (χ3n) is 2.18. The Morgan fingerprint density at radius 3 is 2.53 bits per heavy atom. The van der Waals surface area contributed by atoms with Crippen LogP contribution in [-0.2, 0) is 0 Å². The Morgan fingerprint density at radius 2 is 1.94 bits per heavy atom. The second-order valence-corrected chi connectivity index (χ2v) is 4.22. The van der Waals surface area contributed by atoms with E-state index < -0.39 is 5.97 Å². The number of carboxylic acid groups (broad SMARTS) is 1. The van der Waals surface area contributed by atoms with E-state index in [0.29, 0.717) is 4.47 Å². The number of hydrogen-bond donors (Lipinski definition) is 2. The first kappa shape index (κ1) is 11.6. The van der Waals surface area contributed by atoms with Crippen LogP contribution in [0.2, 0.25) is 0 Å². The molecule has 0 atom stereocenters. The van der Waals surface area contributed by atoms with Gasteiger partial charge in [-0.15, -0.1) is 0 Å². The zero-order valence-corrected chi connectivity index (χ0v) is 10.3. The molecule has 1 aromatic carbocycles. The van der Waals surface area contributed by atoms with Gasteiger partial charge < -0.3 is 10.4 Å². The normalized spacial score (nSPS) is 9.94. The van der Waals surface area contributed by atoms with E-state index in [1.807, 2.05) is 12.1 Å². The zero-order valence-electron chi connectivity index (χ0n) is 8.72. The van der Waals surface area contributed by atoms with Crippen LogP contribution in [0.4, 0.5) is 11.4 Å². The molecule has 0 saturated heterocycles. The molecule has 0 fully saturated rings. The van der Waals surface area contributed by atoms with Crippen LogP contribution in [0, 0.1) is 0 Å². The van der Waals surface area contributed by atoms with Crippen LogP contribution < -0.4 is 5.32 Å². The van der Waals surface area contributed by atoms with Gasteiger partial charge in [0, 0.05) is 22.6 Å². The third kappa shape index (κ3) is 2.82. The molecule has 0 unspecified atom stereocenters. The molecule has 2 N–H and O–H groups in total. The number of anilines is 2. The van der Waals surface area contributed by atoms with E-state index in [1.54, 1.807) is 30.6 Å². The minimum atomic E-state index is -0.943. The Labute approximate surface area is 106 Å². The van der Waals surface area contributed by atoms with Crippen LogP contribution in [0.15, 0.2) is 47.2 Å². The zero-order chi connectivity index (χ0) is 12.3. The van der Waals surface area contributed by atoms with Crippen molar-refractivity contribution in [3.8, 4) is 0 Å². The third-order valence-corrected chi connectivity index (χ3v) is 2.83. The molecule has 0 bridgehead atoms. The molecule has 0 aliphatic heterocycles. The van der Waals surface area contributed by atoms with Crippen molar-refractivity contribution < 1.29 is 9.90 Å². The first-order chi connectivity index (χ1) is 8.16. The van der Waals surface area contributed by atoms with Crippen LogP contribution in [0.1, 0.15) is 10.4 Å². The van der Waals surface area contributed by atoms with Crippen molar-refractivity contribution in [1.29, 1.82) is 0 Å². The van der Waals surface area contributed by atoms with E-state index >= 15 is 0 Å². The summed E-state index contributed by atoms with van der Waals surface area (Å²) in [4.78, 5) is 14.7. The van der Waals surface area contributed by atoms with Gasteiger partial charge in [0.15, 0.2) is 0 Å². The lowest BCUT2D eigenvalue weighted by Crippen LogP contribution is -1.98. The molecule has 0 spiro atoms. The number of nitrogens with zero attached hydrogens (tertiary/aromatic N) is 1. The van der Waals surface area contributed by atoms with Gasteiger partial charge in [-0.05, 0) is 46.3 Å². The number of hydrogen-bond acceptors (Lipinski definition) is 3. The molecule has 86 valence electrons. The van der Waals surface area contributed by atoms with Gasteiger partial charge in [0.1, 0.15) is 0 Å². The van der Waals surface area contributed by atoms with E-state index in [2.05, 4.69) is 26.2 Å². The van der Waals surface area contributed by atoms with Crippen molar-refractivity contribution in [3.63, 3.8) is 0 Å². The maximum atomic E-state index is 10.8. The average molecular weight is 293 g/mol. The average Bonchev–Trinajstić information content (AvgIpc) is 2.33. The molecule has 2 rings (SSSR count). The summed E-state index contributed by atoms with van der Waals surface area (Å²) in [6.45, 7) is 0. The number of nitrogens with one attached hydrogen (secondary N) is 1. The molecule has 5 heteroatoms. The van der Waals surface area contributed by atoms with Crippen LogP contribution >= 0.6 is 15.9 Å². The van der Waals surface area contributed by atoms with Gasteiger partial charge in [0.05, 0.1) is 11.3 Å². The number of rotatable bonds is 3. The summed E-state index contributed by atoms with van der Waals surface area (Å²) < 4.78 is 0.703. The van der Waals surface area contributed by atoms with Crippen molar-refractivity contribution in [2.24, 2.45) is 0 Å². The largest absolute Gasteiger partial charge is 0.478 e. The topological polar surface area (TPSA) is 62.2 Å². The maximum Gasteiger partial charge on any atom is 0.335 e. The summed E-state index contributed by atoms with van der Waals surface area (Å²) in [7, 11) is 0. The van der Waals surface area contributed by atoms with Gasteiger partial charge in [0.25, 0.3) is 0 Å². The van der Waals surface area contributed by atoms with Crippen LogP contribution in [0.3, 0.4) is 0 Å². The maximum absolute atomic E-state index is 10.8. The standard InChI is InChI=1S/C12H9BrN2O2/c13-10-7-8(12(16)17)1-2-11(10)15-9-3-5-14-6-4-9/h1-7H,(H,14,15)(H,16,17).